The highest BCUT2D eigenvalue weighted by Gasteiger charge is 2.06. The summed E-state index contributed by atoms with van der Waals surface area (Å²) >= 11 is 0. The number of nitrogens with one attached hydrogen (secondary N) is 2. The molecule has 0 aromatic rings. The third-order valence-electron chi connectivity index (χ3n) is 1.54. The number of hydrogen-bond donors (Lipinski definition) is 4. The molecule has 0 aliphatic heterocycles. The van der Waals surface area contributed by atoms with Gasteiger partial charge in [-0.2, -0.15) is 0 Å². The van der Waals surface area contributed by atoms with E-state index in [9.17, 15) is 4.79 Å². The summed E-state index contributed by atoms with van der Waals surface area (Å²) in [5, 5.41) is 8.29. The van der Waals surface area contributed by atoms with Crippen LogP contribution in [0.2, 0.25) is 0 Å². The summed E-state index contributed by atoms with van der Waals surface area (Å²) in [7, 11) is 0. The van der Waals surface area contributed by atoms with Crippen LogP contribution < -0.4 is 16.6 Å². The van der Waals surface area contributed by atoms with E-state index >= 15 is 0 Å². The quantitative estimate of drug-likeness (QED) is 0.436. The first-order chi connectivity index (χ1) is 5.70. The van der Waals surface area contributed by atoms with Crippen LogP contribution in [0, 0.1) is 0 Å². The zero-order valence-corrected chi connectivity index (χ0v) is 7.34. The molecule has 0 saturated carbocycles. The molecule has 0 aliphatic rings. The van der Waals surface area contributed by atoms with E-state index in [0.717, 1.165) is 19.3 Å². The second kappa shape index (κ2) is 6.87. The molecule has 1 unspecified atom stereocenters. The van der Waals surface area contributed by atoms with Gasteiger partial charge >= 0.3 is 6.09 Å². The van der Waals surface area contributed by atoms with Crippen molar-refractivity contribution in [3.8, 4) is 0 Å². The van der Waals surface area contributed by atoms with Crippen LogP contribution in [0.1, 0.15) is 26.2 Å². The smallest absolute Gasteiger partial charge is 0.419 e. The molecule has 0 heterocycles. The molecule has 5 N–H and O–H groups in total. The number of rotatable bonds is 6. The largest absolute Gasteiger partial charge is 0.464 e. The molecule has 0 rings (SSSR count). The van der Waals surface area contributed by atoms with Crippen molar-refractivity contribution >= 4 is 6.09 Å². The van der Waals surface area contributed by atoms with E-state index in [0.29, 0.717) is 6.54 Å². The maximum atomic E-state index is 10.1. The summed E-state index contributed by atoms with van der Waals surface area (Å²) in [6, 6.07) is 0.149. The van der Waals surface area contributed by atoms with Gasteiger partial charge in [-0.15, -0.1) is 0 Å². The molecule has 5 heteroatoms. The number of hydrazine groups is 1. The Hall–Kier alpha value is -0.810. The third-order valence-corrected chi connectivity index (χ3v) is 1.54. The van der Waals surface area contributed by atoms with Crippen molar-refractivity contribution in [1.82, 2.24) is 10.9 Å². The summed E-state index contributed by atoms with van der Waals surface area (Å²) in [4.78, 5) is 10.1. The fraction of sp³-hybridized carbons (Fsp3) is 0.857. The molecular formula is C7H17N3O2. The van der Waals surface area contributed by atoms with Crippen LogP contribution in [-0.4, -0.2) is 23.8 Å². The lowest BCUT2D eigenvalue weighted by Gasteiger charge is -2.15. The summed E-state index contributed by atoms with van der Waals surface area (Å²) < 4.78 is 0. The molecule has 0 spiro atoms. The minimum Gasteiger partial charge on any atom is -0.464 e. The second-order valence-corrected chi connectivity index (χ2v) is 2.64. The van der Waals surface area contributed by atoms with E-state index in [1.807, 2.05) is 6.92 Å². The molecule has 0 saturated heterocycles. The van der Waals surface area contributed by atoms with Gasteiger partial charge < -0.3 is 10.8 Å². The number of hydrogen-bond acceptors (Lipinski definition) is 3. The van der Waals surface area contributed by atoms with Crippen LogP contribution in [-0.2, 0) is 0 Å². The average Bonchev–Trinajstić information content (AvgIpc) is 2.01. The van der Waals surface area contributed by atoms with Gasteiger partial charge in [-0.1, -0.05) is 13.3 Å². The topological polar surface area (TPSA) is 87.4 Å². The van der Waals surface area contributed by atoms with Crippen LogP contribution in [0.4, 0.5) is 4.79 Å². The van der Waals surface area contributed by atoms with Gasteiger partial charge in [-0.05, 0) is 19.4 Å². The molecule has 0 aromatic heterocycles. The van der Waals surface area contributed by atoms with Gasteiger partial charge in [-0.3, -0.25) is 5.43 Å². The Morgan fingerprint density at radius 1 is 1.58 bits per heavy atom. The fourth-order valence-corrected chi connectivity index (χ4v) is 1.00. The highest BCUT2D eigenvalue weighted by atomic mass is 16.4. The van der Waals surface area contributed by atoms with Crippen molar-refractivity contribution in [3.63, 3.8) is 0 Å². The molecule has 0 aliphatic carbocycles. The lowest BCUT2D eigenvalue weighted by atomic mass is 10.1. The predicted molar refractivity (Wildman–Crippen MR) is 46.7 cm³/mol. The van der Waals surface area contributed by atoms with Gasteiger partial charge in [0.2, 0.25) is 0 Å². The lowest BCUT2D eigenvalue weighted by Crippen LogP contribution is -2.44. The van der Waals surface area contributed by atoms with E-state index in [2.05, 4.69) is 10.9 Å². The average molecular weight is 175 g/mol. The van der Waals surface area contributed by atoms with Gasteiger partial charge in [0.15, 0.2) is 0 Å². The van der Waals surface area contributed by atoms with E-state index in [1.54, 1.807) is 0 Å². The number of carbonyl (C=O) groups is 1. The van der Waals surface area contributed by atoms with Crippen LogP contribution in [0.15, 0.2) is 0 Å². The minimum absolute atomic E-state index is 0.149. The maximum absolute atomic E-state index is 10.1. The molecule has 0 radical (unpaired) electrons. The normalized spacial score (nSPS) is 12.5. The zero-order chi connectivity index (χ0) is 9.40. The SMILES string of the molecule is CCCC(CCN)NNC(=O)O. The van der Waals surface area contributed by atoms with Gasteiger partial charge in [0.25, 0.3) is 0 Å². The Balaban J connectivity index is 3.54. The van der Waals surface area contributed by atoms with E-state index in [1.165, 1.54) is 0 Å². The number of amides is 1. The van der Waals surface area contributed by atoms with Crippen LogP contribution in [0.5, 0.6) is 0 Å². The Morgan fingerprint density at radius 3 is 2.67 bits per heavy atom. The second-order valence-electron chi connectivity index (χ2n) is 2.64. The van der Waals surface area contributed by atoms with E-state index in [-0.39, 0.29) is 6.04 Å². The lowest BCUT2D eigenvalue weighted by molar-refractivity contribution is 0.185. The Bertz CT molecular complexity index is 124. The van der Waals surface area contributed by atoms with Gasteiger partial charge in [-0.25, -0.2) is 10.2 Å². The molecule has 72 valence electrons. The van der Waals surface area contributed by atoms with Crippen molar-refractivity contribution < 1.29 is 9.90 Å². The summed E-state index contributed by atoms with van der Waals surface area (Å²) in [6.45, 7) is 2.62. The highest BCUT2D eigenvalue weighted by Crippen LogP contribution is 1.98. The van der Waals surface area contributed by atoms with Crippen molar-refractivity contribution in [1.29, 1.82) is 0 Å². The highest BCUT2D eigenvalue weighted by molar-refractivity contribution is 5.63. The number of carboxylic acid groups (broad SMARTS) is 1. The molecule has 1 amide bonds. The molecular weight excluding hydrogens is 158 g/mol. The Kier molecular flexibility index (Phi) is 6.41. The van der Waals surface area contributed by atoms with Gasteiger partial charge in [0.1, 0.15) is 0 Å². The minimum atomic E-state index is -1.06. The molecule has 0 aromatic carbocycles. The van der Waals surface area contributed by atoms with E-state index < -0.39 is 6.09 Å². The molecule has 0 bridgehead atoms. The van der Waals surface area contributed by atoms with Gasteiger partial charge in [0.05, 0.1) is 0 Å². The Morgan fingerprint density at radius 2 is 2.25 bits per heavy atom. The molecule has 1 atom stereocenters. The first-order valence-electron chi connectivity index (χ1n) is 4.15. The molecule has 5 nitrogen and oxygen atoms in total. The predicted octanol–water partition coefficient (Wildman–Crippen LogP) is 0.276. The Labute approximate surface area is 72.3 Å². The van der Waals surface area contributed by atoms with Crippen LogP contribution in [0.3, 0.4) is 0 Å². The summed E-state index contributed by atoms with van der Waals surface area (Å²) in [5.74, 6) is 0. The summed E-state index contributed by atoms with van der Waals surface area (Å²) in [5.41, 5.74) is 10.2. The van der Waals surface area contributed by atoms with Crippen molar-refractivity contribution in [2.45, 2.75) is 32.2 Å². The zero-order valence-electron chi connectivity index (χ0n) is 7.34. The van der Waals surface area contributed by atoms with Crippen LogP contribution in [0.25, 0.3) is 0 Å². The fourth-order valence-electron chi connectivity index (χ4n) is 1.00. The summed E-state index contributed by atoms with van der Waals surface area (Å²) in [6.07, 6.45) is 1.66. The van der Waals surface area contributed by atoms with Crippen LogP contribution >= 0.6 is 0 Å². The first kappa shape index (κ1) is 11.2. The molecule has 12 heavy (non-hydrogen) atoms. The van der Waals surface area contributed by atoms with Crippen molar-refractivity contribution in [2.75, 3.05) is 6.54 Å². The van der Waals surface area contributed by atoms with Crippen molar-refractivity contribution in [2.24, 2.45) is 5.73 Å². The first-order valence-corrected chi connectivity index (χ1v) is 4.15. The number of nitrogens with two attached hydrogens (primary N) is 1. The van der Waals surface area contributed by atoms with E-state index in [4.69, 9.17) is 10.8 Å². The van der Waals surface area contributed by atoms with Gasteiger partial charge in [0, 0.05) is 6.04 Å². The van der Waals surface area contributed by atoms with Crippen molar-refractivity contribution in [3.05, 3.63) is 0 Å². The molecule has 0 fully saturated rings. The standard InChI is InChI=1S/C7H17N3O2/c1-2-3-6(4-5-8)9-10-7(11)12/h6,9-10H,2-5,8H2,1H3,(H,11,12). The maximum Gasteiger partial charge on any atom is 0.419 e. The third kappa shape index (κ3) is 5.94. The monoisotopic (exact) mass is 175 g/mol.